The maximum absolute atomic E-state index is 14.4. The lowest BCUT2D eigenvalue weighted by atomic mass is 9.48. The van der Waals surface area contributed by atoms with Crippen molar-refractivity contribution in [2.75, 3.05) is 0 Å². The van der Waals surface area contributed by atoms with Crippen molar-refractivity contribution in [3.8, 4) is 0 Å². The van der Waals surface area contributed by atoms with Crippen LogP contribution in [0.3, 0.4) is 0 Å². The van der Waals surface area contributed by atoms with Crippen LogP contribution in [0.4, 0.5) is 13.2 Å². The predicted molar refractivity (Wildman–Crippen MR) is 316 cm³/mol. The van der Waals surface area contributed by atoms with Gasteiger partial charge in [-0.3, -0.25) is 4.90 Å². The minimum Gasteiger partial charge on any atom is -0.375 e. The summed E-state index contributed by atoms with van der Waals surface area (Å²) < 4.78 is 57.1. The molecule has 79 heavy (non-hydrogen) atoms. The molecule has 0 N–H and O–H groups in total. The lowest BCUT2D eigenvalue weighted by Gasteiger charge is -2.57. The standard InChI is InChI=1S/C72H105F3N2O2/c1-3-48-18-36-59(37-19-48)78-61-40-27-53(28-41-61)71(52-12-6-5-7-13-52)67-16-10-8-14-63(67)64-44-35-58(47-68(64)71)76(56-31-25-54(26-32-56)72(73,74)75)55-29-22-50(23-30-55)51-24-45-70-66(46-51)65-15-9-11-17-69(65)77(70)57-33-42-62(43-34-57)79-60-38-20-49(4-2)21-39-60/h3-4,18,20,22,29,35,44,50-65,67-69H,1-2,5-17,19,21,23-28,30-34,36-43,45-47H2. The Morgan fingerprint density at radius 3 is 1.84 bits per heavy atom. The molecule has 12 aliphatic carbocycles. The molecule has 1 aliphatic heterocycles. The second-order valence-corrected chi connectivity index (χ2v) is 29.2. The molecule has 0 spiro atoms. The maximum atomic E-state index is 14.4. The topological polar surface area (TPSA) is 24.9 Å². The normalized spacial score (nSPS) is 44.1. The molecule has 7 heteroatoms. The smallest absolute Gasteiger partial charge is 0.375 e. The molecule has 0 radical (unpaired) electrons. The van der Waals surface area contributed by atoms with E-state index >= 15 is 0 Å². The molecule has 13 unspecified atom stereocenters. The van der Waals surface area contributed by atoms with Crippen molar-refractivity contribution in [1.29, 1.82) is 0 Å². The number of rotatable bonds is 13. The number of ether oxygens (including phenoxy) is 2. The summed E-state index contributed by atoms with van der Waals surface area (Å²) in [7, 11) is 0. The molecule has 0 bridgehead atoms. The van der Waals surface area contributed by atoms with Crippen LogP contribution in [0.15, 0.2) is 84.2 Å². The molecule has 0 aromatic rings. The monoisotopic (exact) mass is 1090 g/mol. The van der Waals surface area contributed by atoms with E-state index < -0.39 is 12.1 Å². The number of hydrogen-bond acceptors (Lipinski definition) is 4. The third-order valence-electron chi connectivity index (χ3n) is 25.7. The van der Waals surface area contributed by atoms with Crippen molar-refractivity contribution in [1.82, 2.24) is 9.80 Å². The first-order chi connectivity index (χ1) is 38.7. The molecule has 13 atom stereocenters. The van der Waals surface area contributed by atoms with Crippen LogP contribution in [0.2, 0.25) is 0 Å². The van der Waals surface area contributed by atoms with Crippen molar-refractivity contribution < 1.29 is 22.6 Å². The van der Waals surface area contributed by atoms with Crippen LogP contribution in [0.5, 0.6) is 0 Å². The highest BCUT2D eigenvalue weighted by Gasteiger charge is 2.66. The number of fused-ring (bicyclic) bond motifs is 5. The Labute approximate surface area is 477 Å². The first-order valence-corrected chi connectivity index (χ1v) is 34.3. The average molecular weight is 1090 g/mol. The molecule has 1 heterocycles. The van der Waals surface area contributed by atoms with Crippen molar-refractivity contribution in [2.45, 2.75) is 298 Å². The summed E-state index contributed by atoms with van der Waals surface area (Å²) >= 11 is 0. The molecule has 0 saturated heterocycles. The van der Waals surface area contributed by atoms with Crippen LogP contribution in [0.25, 0.3) is 0 Å². The van der Waals surface area contributed by atoms with Gasteiger partial charge >= 0.3 is 6.18 Å². The molecule has 4 nitrogen and oxygen atoms in total. The molecular weight excluding hydrogens is 982 g/mol. The number of allylic oxidation sites excluding steroid dienone is 7. The van der Waals surface area contributed by atoms with E-state index in [2.05, 4.69) is 59.4 Å². The number of hydrogen-bond donors (Lipinski definition) is 0. The predicted octanol–water partition coefficient (Wildman–Crippen LogP) is 18.9. The van der Waals surface area contributed by atoms with E-state index in [-0.39, 0.29) is 6.04 Å². The summed E-state index contributed by atoms with van der Waals surface area (Å²) in [5.41, 5.74) is 6.81. The highest BCUT2D eigenvalue weighted by atomic mass is 19.4. The Morgan fingerprint density at radius 2 is 1.19 bits per heavy atom. The maximum Gasteiger partial charge on any atom is 0.391 e. The second kappa shape index (κ2) is 24.3. The molecule has 436 valence electrons. The van der Waals surface area contributed by atoms with Crippen molar-refractivity contribution in [3.05, 3.63) is 84.2 Å². The van der Waals surface area contributed by atoms with Gasteiger partial charge in [0.1, 0.15) is 0 Å². The number of alkyl halides is 3. The summed E-state index contributed by atoms with van der Waals surface area (Å²) in [6.07, 6.45) is 61.4. The van der Waals surface area contributed by atoms with Crippen LogP contribution < -0.4 is 0 Å². The lowest BCUT2D eigenvalue weighted by Crippen LogP contribution is -2.55. The highest BCUT2D eigenvalue weighted by Crippen LogP contribution is 2.71. The number of nitrogens with zero attached hydrogens (tertiary/aromatic N) is 2. The van der Waals surface area contributed by atoms with Gasteiger partial charge in [-0.25, -0.2) is 0 Å². The van der Waals surface area contributed by atoms with Gasteiger partial charge < -0.3 is 14.4 Å². The van der Waals surface area contributed by atoms with Gasteiger partial charge in [-0.1, -0.05) is 118 Å². The zero-order valence-electron chi connectivity index (χ0n) is 49.0. The molecule has 0 aromatic carbocycles. The van der Waals surface area contributed by atoms with Gasteiger partial charge in [-0.2, -0.15) is 13.2 Å². The van der Waals surface area contributed by atoms with E-state index in [0.29, 0.717) is 97.3 Å². The second-order valence-electron chi connectivity index (χ2n) is 29.2. The van der Waals surface area contributed by atoms with Gasteiger partial charge in [-0.05, 0) is 251 Å². The quantitative estimate of drug-likeness (QED) is 0.172. The Hall–Kier alpha value is -2.35. The minimum atomic E-state index is -4.08. The summed E-state index contributed by atoms with van der Waals surface area (Å²) in [6, 6.07) is 2.25. The first kappa shape index (κ1) is 55.8. The minimum absolute atomic E-state index is 0.222. The van der Waals surface area contributed by atoms with Crippen molar-refractivity contribution in [2.24, 2.45) is 64.6 Å². The van der Waals surface area contributed by atoms with E-state index in [1.165, 1.54) is 178 Å². The summed E-state index contributed by atoms with van der Waals surface area (Å²) in [4.78, 5) is 5.98. The fourth-order valence-corrected chi connectivity index (χ4v) is 22.2. The van der Waals surface area contributed by atoms with Crippen LogP contribution in [-0.4, -0.2) is 70.6 Å². The fraction of sp³-hybridized carbons (Fsp3) is 0.806. The van der Waals surface area contributed by atoms with Gasteiger partial charge in [0.25, 0.3) is 0 Å². The summed E-state index contributed by atoms with van der Waals surface area (Å²) in [5.74, 6) is 5.49. The lowest BCUT2D eigenvalue weighted by molar-refractivity contribution is -0.185. The van der Waals surface area contributed by atoms with Crippen molar-refractivity contribution in [3.63, 3.8) is 0 Å². The van der Waals surface area contributed by atoms with E-state index in [0.717, 1.165) is 80.6 Å². The number of halogens is 3. The Kier molecular flexibility index (Phi) is 17.2. The summed E-state index contributed by atoms with van der Waals surface area (Å²) in [5, 5.41) is 0. The molecule has 13 rings (SSSR count). The summed E-state index contributed by atoms with van der Waals surface area (Å²) in [6.45, 7) is 8.05. The van der Waals surface area contributed by atoms with Gasteiger partial charge in [0, 0.05) is 41.8 Å². The van der Waals surface area contributed by atoms with E-state index in [1.807, 2.05) is 17.7 Å². The van der Waals surface area contributed by atoms with Crippen LogP contribution in [-0.2, 0) is 9.47 Å². The molecule has 13 aliphatic rings. The average Bonchev–Trinajstić information content (AvgIpc) is 3.61. The third-order valence-corrected chi connectivity index (χ3v) is 25.7. The van der Waals surface area contributed by atoms with Gasteiger partial charge in [0.05, 0.1) is 30.3 Å². The van der Waals surface area contributed by atoms with E-state index in [4.69, 9.17) is 9.47 Å². The van der Waals surface area contributed by atoms with Gasteiger partial charge in [-0.15, -0.1) is 0 Å². The molecule has 7 fully saturated rings. The third kappa shape index (κ3) is 11.2. The van der Waals surface area contributed by atoms with Crippen LogP contribution in [0.1, 0.15) is 238 Å². The van der Waals surface area contributed by atoms with Crippen LogP contribution >= 0.6 is 0 Å². The zero-order chi connectivity index (χ0) is 53.7. The Bertz CT molecular complexity index is 2260. The van der Waals surface area contributed by atoms with Crippen molar-refractivity contribution >= 4 is 0 Å². The largest absolute Gasteiger partial charge is 0.391 e. The molecule has 7 saturated carbocycles. The van der Waals surface area contributed by atoms with Crippen LogP contribution in [0, 0.1) is 64.6 Å². The Balaban J connectivity index is 0.729. The molecular formula is C72H105F3N2O2. The zero-order valence-corrected chi connectivity index (χ0v) is 49.0. The Morgan fingerprint density at radius 1 is 0.557 bits per heavy atom. The van der Waals surface area contributed by atoms with E-state index in [9.17, 15) is 13.2 Å². The van der Waals surface area contributed by atoms with E-state index in [1.54, 1.807) is 5.70 Å². The first-order valence-electron chi connectivity index (χ1n) is 34.3. The molecule has 0 amide bonds. The fourth-order valence-electron chi connectivity index (χ4n) is 22.2. The molecule has 0 aromatic heterocycles. The highest BCUT2D eigenvalue weighted by molar-refractivity contribution is 5.31. The van der Waals surface area contributed by atoms with Gasteiger partial charge in [0.15, 0.2) is 0 Å². The van der Waals surface area contributed by atoms with Gasteiger partial charge in [0.2, 0.25) is 0 Å². The SMILES string of the molecule is C=CC1=CCC(OC2CCC(N3C4=C(CC(C5C=CC(N(C6C=CC7C8CCCCC8C(C8CCCCC8)(C8CCC(OC9CC=C(C=C)CC9)CC8)C7C6)C6CCC(C(F)(F)F)CC6)CC5)CC4)C4CCCCC43)CC2)CC1.